The fourth-order valence-electron chi connectivity index (χ4n) is 1.66. The second-order valence-corrected chi connectivity index (χ2v) is 3.45. The highest BCUT2D eigenvalue weighted by molar-refractivity contribution is 5.76. The van der Waals surface area contributed by atoms with Gasteiger partial charge in [-0.2, -0.15) is 0 Å². The van der Waals surface area contributed by atoms with Gasteiger partial charge in [0.25, 0.3) is 0 Å². The maximum Gasteiger partial charge on any atom is 0.337 e. The summed E-state index contributed by atoms with van der Waals surface area (Å²) in [5.74, 6) is -0.344. The number of hydrogen-bond donors (Lipinski definition) is 2. The first-order valence-corrected chi connectivity index (χ1v) is 5.02. The Morgan fingerprint density at radius 2 is 2.12 bits per heavy atom. The Labute approximate surface area is 97.3 Å². The lowest BCUT2D eigenvalue weighted by Crippen LogP contribution is -2.18. The zero-order chi connectivity index (χ0) is 12.4. The Balaban J connectivity index is 2.50. The lowest BCUT2D eigenvalue weighted by atomic mass is 10.1. The van der Waals surface area contributed by atoms with E-state index in [1.807, 2.05) is 0 Å². The number of aliphatic hydroxyl groups is 1. The molecule has 1 aromatic carbocycles. The average molecular weight is 240 g/mol. The van der Waals surface area contributed by atoms with Crippen molar-refractivity contribution in [1.29, 1.82) is 0 Å². The van der Waals surface area contributed by atoms with E-state index < -0.39 is 12.1 Å². The molecule has 0 amide bonds. The van der Waals surface area contributed by atoms with E-state index in [1.165, 1.54) is 13.2 Å². The second-order valence-electron chi connectivity index (χ2n) is 3.45. The van der Waals surface area contributed by atoms with Crippen molar-refractivity contribution in [3.63, 3.8) is 0 Å². The van der Waals surface area contributed by atoms with E-state index in [0.29, 0.717) is 24.7 Å². The number of ether oxygens (including phenoxy) is 3. The Morgan fingerprint density at radius 3 is 2.76 bits per heavy atom. The summed E-state index contributed by atoms with van der Waals surface area (Å²) in [5.41, 5.74) is 0.143. The SMILES string of the molecule is COc1c(C(O)C(=O)O)ccc2c1OCCO2. The number of fused-ring (bicyclic) bond motifs is 1. The zero-order valence-electron chi connectivity index (χ0n) is 9.17. The highest BCUT2D eigenvalue weighted by Gasteiger charge is 2.26. The number of rotatable bonds is 3. The van der Waals surface area contributed by atoms with E-state index in [9.17, 15) is 9.90 Å². The fraction of sp³-hybridized carbons (Fsp3) is 0.364. The van der Waals surface area contributed by atoms with Crippen LogP contribution in [0, 0.1) is 0 Å². The van der Waals surface area contributed by atoms with Crippen molar-refractivity contribution >= 4 is 5.97 Å². The molecule has 1 atom stereocenters. The number of aliphatic hydroxyl groups excluding tert-OH is 1. The molecular formula is C11H12O6. The smallest absolute Gasteiger partial charge is 0.337 e. The summed E-state index contributed by atoms with van der Waals surface area (Å²) < 4.78 is 15.8. The predicted octanol–water partition coefficient (Wildman–Crippen LogP) is 0.584. The van der Waals surface area contributed by atoms with Gasteiger partial charge in [0.1, 0.15) is 13.2 Å². The summed E-state index contributed by atoms with van der Waals surface area (Å²) in [6, 6.07) is 3.00. The quantitative estimate of drug-likeness (QED) is 0.804. The van der Waals surface area contributed by atoms with Crippen LogP contribution < -0.4 is 14.2 Å². The van der Waals surface area contributed by atoms with Gasteiger partial charge in [-0.1, -0.05) is 0 Å². The van der Waals surface area contributed by atoms with Crippen LogP contribution in [0.15, 0.2) is 12.1 Å². The third-order valence-corrected chi connectivity index (χ3v) is 2.43. The van der Waals surface area contributed by atoms with Crippen molar-refractivity contribution in [2.75, 3.05) is 20.3 Å². The van der Waals surface area contributed by atoms with Gasteiger partial charge in [-0.25, -0.2) is 4.79 Å². The van der Waals surface area contributed by atoms with E-state index in [1.54, 1.807) is 6.07 Å². The molecule has 0 aromatic heterocycles. The highest BCUT2D eigenvalue weighted by atomic mass is 16.6. The minimum atomic E-state index is -1.65. The molecule has 0 spiro atoms. The lowest BCUT2D eigenvalue weighted by Gasteiger charge is -2.22. The van der Waals surface area contributed by atoms with Gasteiger partial charge in [-0.3, -0.25) is 0 Å². The van der Waals surface area contributed by atoms with Gasteiger partial charge in [0.05, 0.1) is 7.11 Å². The van der Waals surface area contributed by atoms with Crippen molar-refractivity contribution in [3.8, 4) is 17.2 Å². The molecule has 6 nitrogen and oxygen atoms in total. The average Bonchev–Trinajstić information content (AvgIpc) is 2.36. The minimum Gasteiger partial charge on any atom is -0.492 e. The van der Waals surface area contributed by atoms with Gasteiger partial charge in [0.15, 0.2) is 17.6 Å². The maximum atomic E-state index is 10.8. The van der Waals surface area contributed by atoms with Crippen LogP contribution in [0.5, 0.6) is 17.2 Å². The molecule has 1 aliphatic heterocycles. The van der Waals surface area contributed by atoms with E-state index in [2.05, 4.69) is 0 Å². The molecule has 0 radical (unpaired) electrons. The van der Waals surface area contributed by atoms with Crippen LogP contribution >= 0.6 is 0 Å². The monoisotopic (exact) mass is 240 g/mol. The largest absolute Gasteiger partial charge is 0.492 e. The highest BCUT2D eigenvalue weighted by Crippen LogP contribution is 2.43. The molecular weight excluding hydrogens is 228 g/mol. The Kier molecular flexibility index (Phi) is 3.06. The standard InChI is InChI=1S/C11H12O6/c1-15-9-6(8(12)11(13)14)2-3-7-10(9)17-5-4-16-7/h2-3,8,12H,4-5H2,1H3,(H,13,14). The van der Waals surface area contributed by atoms with Crippen LogP contribution in [0.25, 0.3) is 0 Å². The van der Waals surface area contributed by atoms with E-state index in [4.69, 9.17) is 19.3 Å². The van der Waals surface area contributed by atoms with Crippen molar-refractivity contribution in [2.24, 2.45) is 0 Å². The third kappa shape index (κ3) is 1.99. The Morgan fingerprint density at radius 1 is 1.41 bits per heavy atom. The zero-order valence-corrected chi connectivity index (χ0v) is 9.17. The molecule has 0 bridgehead atoms. The van der Waals surface area contributed by atoms with Gasteiger partial charge < -0.3 is 24.4 Å². The first kappa shape index (κ1) is 11.5. The van der Waals surface area contributed by atoms with Crippen molar-refractivity contribution in [1.82, 2.24) is 0 Å². The second kappa shape index (κ2) is 4.50. The summed E-state index contributed by atoms with van der Waals surface area (Å²) in [4.78, 5) is 10.8. The summed E-state index contributed by atoms with van der Waals surface area (Å²) in [6.45, 7) is 0.785. The number of carboxylic acid groups (broad SMARTS) is 1. The minimum absolute atomic E-state index is 0.143. The maximum absolute atomic E-state index is 10.8. The molecule has 2 N–H and O–H groups in total. The number of carboxylic acids is 1. The molecule has 92 valence electrons. The molecule has 1 aromatic rings. The molecule has 2 rings (SSSR count). The molecule has 1 aliphatic rings. The van der Waals surface area contributed by atoms with Crippen LogP contribution in [0.1, 0.15) is 11.7 Å². The molecule has 6 heteroatoms. The van der Waals surface area contributed by atoms with Crippen LogP contribution in [0.2, 0.25) is 0 Å². The van der Waals surface area contributed by atoms with E-state index in [0.717, 1.165) is 0 Å². The number of aliphatic carboxylic acids is 1. The van der Waals surface area contributed by atoms with E-state index in [-0.39, 0.29) is 11.3 Å². The topological polar surface area (TPSA) is 85.2 Å². The van der Waals surface area contributed by atoms with Gasteiger partial charge >= 0.3 is 5.97 Å². The van der Waals surface area contributed by atoms with Gasteiger partial charge in [0, 0.05) is 5.56 Å². The summed E-state index contributed by atoms with van der Waals surface area (Å²) >= 11 is 0. The fourth-order valence-corrected chi connectivity index (χ4v) is 1.66. The molecule has 0 saturated carbocycles. The molecule has 1 heterocycles. The van der Waals surface area contributed by atoms with Crippen molar-refractivity contribution in [2.45, 2.75) is 6.10 Å². The summed E-state index contributed by atoms with van der Waals surface area (Å²) in [7, 11) is 1.38. The van der Waals surface area contributed by atoms with Crippen LogP contribution in [-0.2, 0) is 4.79 Å². The van der Waals surface area contributed by atoms with Crippen LogP contribution in [0.3, 0.4) is 0 Å². The van der Waals surface area contributed by atoms with E-state index >= 15 is 0 Å². The normalized spacial score (nSPS) is 15.2. The molecule has 0 aliphatic carbocycles. The molecule has 0 fully saturated rings. The number of carbonyl (C=O) groups is 1. The molecule has 17 heavy (non-hydrogen) atoms. The number of methoxy groups -OCH3 is 1. The molecule has 1 unspecified atom stereocenters. The first-order valence-electron chi connectivity index (χ1n) is 5.02. The number of hydrogen-bond acceptors (Lipinski definition) is 5. The van der Waals surface area contributed by atoms with Gasteiger partial charge in [0.2, 0.25) is 5.75 Å². The van der Waals surface area contributed by atoms with Crippen molar-refractivity contribution < 1.29 is 29.2 Å². The Bertz CT molecular complexity index is 442. The Hall–Kier alpha value is -1.95. The summed E-state index contributed by atoms with van der Waals surface area (Å²) in [5, 5.41) is 18.3. The number of benzene rings is 1. The van der Waals surface area contributed by atoms with Crippen LogP contribution in [0.4, 0.5) is 0 Å². The van der Waals surface area contributed by atoms with Gasteiger partial charge in [-0.15, -0.1) is 0 Å². The van der Waals surface area contributed by atoms with Gasteiger partial charge in [-0.05, 0) is 12.1 Å². The van der Waals surface area contributed by atoms with Crippen molar-refractivity contribution in [3.05, 3.63) is 17.7 Å². The van der Waals surface area contributed by atoms with Crippen LogP contribution in [-0.4, -0.2) is 36.5 Å². The predicted molar refractivity (Wildman–Crippen MR) is 56.6 cm³/mol. The lowest BCUT2D eigenvalue weighted by molar-refractivity contribution is -0.147. The first-order chi connectivity index (χ1) is 8.15. The summed E-state index contributed by atoms with van der Waals surface area (Å²) in [6.07, 6.45) is -1.65. The molecule has 0 saturated heterocycles. The third-order valence-electron chi connectivity index (χ3n) is 2.43.